The highest BCUT2D eigenvalue weighted by atomic mass is 16.1. The van der Waals surface area contributed by atoms with E-state index in [4.69, 9.17) is 0 Å². The van der Waals surface area contributed by atoms with Crippen molar-refractivity contribution in [2.24, 2.45) is 5.92 Å². The standard InChI is InChI=1S/C20H23N7O/c1-15-22-8-10-27(15)18-11-16(4-5-23-18)12-25-20(28)17-3-2-9-26(14-17)19-13-21-6-7-24-19/h4-8,10-11,13,17H,2-3,9,12,14H2,1H3,(H,25,28). The van der Waals surface area contributed by atoms with Crippen molar-refractivity contribution in [2.75, 3.05) is 18.0 Å². The lowest BCUT2D eigenvalue weighted by Crippen LogP contribution is -2.43. The molecule has 1 amide bonds. The summed E-state index contributed by atoms with van der Waals surface area (Å²) in [4.78, 5) is 31.9. The van der Waals surface area contributed by atoms with Gasteiger partial charge in [-0.3, -0.25) is 14.3 Å². The van der Waals surface area contributed by atoms with Crippen molar-refractivity contribution in [3.63, 3.8) is 0 Å². The Balaban J connectivity index is 1.37. The van der Waals surface area contributed by atoms with Crippen molar-refractivity contribution in [2.45, 2.75) is 26.3 Å². The maximum Gasteiger partial charge on any atom is 0.225 e. The second kappa shape index (κ2) is 8.16. The van der Waals surface area contributed by atoms with Gasteiger partial charge < -0.3 is 10.2 Å². The van der Waals surface area contributed by atoms with Crippen molar-refractivity contribution >= 4 is 11.7 Å². The van der Waals surface area contributed by atoms with Crippen LogP contribution in [-0.4, -0.2) is 43.5 Å². The van der Waals surface area contributed by atoms with E-state index in [1.807, 2.05) is 29.8 Å². The van der Waals surface area contributed by atoms with Gasteiger partial charge in [0.1, 0.15) is 17.5 Å². The molecule has 0 saturated carbocycles. The Kier molecular flexibility index (Phi) is 5.27. The van der Waals surface area contributed by atoms with Gasteiger partial charge in [0, 0.05) is 50.6 Å². The van der Waals surface area contributed by atoms with Crippen LogP contribution in [0.4, 0.5) is 5.82 Å². The van der Waals surface area contributed by atoms with E-state index in [9.17, 15) is 4.79 Å². The fourth-order valence-corrected chi connectivity index (χ4v) is 3.51. The van der Waals surface area contributed by atoms with Crippen LogP contribution in [0.3, 0.4) is 0 Å². The number of carbonyl (C=O) groups is 1. The molecular formula is C20H23N7O. The van der Waals surface area contributed by atoms with Gasteiger partial charge in [-0.05, 0) is 37.5 Å². The summed E-state index contributed by atoms with van der Waals surface area (Å²) in [6, 6.07) is 3.89. The Hall–Kier alpha value is -3.29. The first-order valence-electron chi connectivity index (χ1n) is 9.44. The zero-order valence-corrected chi connectivity index (χ0v) is 15.8. The lowest BCUT2D eigenvalue weighted by atomic mass is 9.97. The van der Waals surface area contributed by atoms with E-state index >= 15 is 0 Å². The Morgan fingerprint density at radius 2 is 2.07 bits per heavy atom. The fraction of sp³-hybridized carbons (Fsp3) is 0.350. The third kappa shape index (κ3) is 4.00. The Bertz CT molecular complexity index is 940. The molecule has 1 fully saturated rings. The molecule has 1 saturated heterocycles. The van der Waals surface area contributed by atoms with Crippen LogP contribution in [0.25, 0.3) is 5.82 Å². The van der Waals surface area contributed by atoms with E-state index in [-0.39, 0.29) is 11.8 Å². The molecule has 0 spiro atoms. The number of pyridine rings is 1. The maximum atomic E-state index is 12.7. The number of anilines is 1. The summed E-state index contributed by atoms with van der Waals surface area (Å²) in [5.41, 5.74) is 1.01. The number of carbonyl (C=O) groups excluding carboxylic acids is 1. The van der Waals surface area contributed by atoms with Gasteiger partial charge >= 0.3 is 0 Å². The molecule has 0 radical (unpaired) electrons. The van der Waals surface area contributed by atoms with E-state index in [0.29, 0.717) is 13.1 Å². The number of hydrogen-bond donors (Lipinski definition) is 1. The summed E-state index contributed by atoms with van der Waals surface area (Å²) in [6.45, 7) is 3.98. The van der Waals surface area contributed by atoms with Gasteiger partial charge in [0.15, 0.2) is 0 Å². The first-order valence-corrected chi connectivity index (χ1v) is 9.44. The zero-order valence-electron chi connectivity index (χ0n) is 15.8. The third-order valence-electron chi connectivity index (χ3n) is 5.01. The van der Waals surface area contributed by atoms with Crippen molar-refractivity contribution in [1.29, 1.82) is 0 Å². The molecule has 1 N–H and O–H groups in total. The molecule has 1 unspecified atom stereocenters. The molecule has 4 heterocycles. The predicted octanol–water partition coefficient (Wildman–Crippen LogP) is 1.90. The minimum absolute atomic E-state index is 0.0482. The first-order chi connectivity index (χ1) is 13.7. The highest BCUT2D eigenvalue weighted by molar-refractivity contribution is 5.79. The lowest BCUT2D eigenvalue weighted by Gasteiger charge is -2.32. The van der Waals surface area contributed by atoms with Crippen molar-refractivity contribution in [1.82, 2.24) is 29.8 Å². The number of amides is 1. The molecule has 144 valence electrons. The van der Waals surface area contributed by atoms with Crippen LogP contribution in [0.1, 0.15) is 24.2 Å². The van der Waals surface area contributed by atoms with Gasteiger partial charge in [-0.25, -0.2) is 15.0 Å². The number of nitrogens with one attached hydrogen (secondary N) is 1. The molecule has 0 aliphatic carbocycles. The SMILES string of the molecule is Cc1nccn1-c1cc(CNC(=O)C2CCCN(c3cnccn3)C2)ccn1. The molecule has 8 nitrogen and oxygen atoms in total. The molecule has 0 aromatic carbocycles. The van der Waals surface area contributed by atoms with Gasteiger partial charge in [-0.15, -0.1) is 0 Å². The van der Waals surface area contributed by atoms with Crippen LogP contribution in [0.5, 0.6) is 0 Å². The average Bonchev–Trinajstić information content (AvgIpc) is 3.19. The molecular weight excluding hydrogens is 354 g/mol. The molecule has 8 heteroatoms. The number of nitrogens with zero attached hydrogens (tertiary/aromatic N) is 6. The van der Waals surface area contributed by atoms with Crippen LogP contribution in [0, 0.1) is 12.8 Å². The van der Waals surface area contributed by atoms with Gasteiger partial charge in [-0.1, -0.05) is 0 Å². The number of imidazole rings is 1. The largest absolute Gasteiger partial charge is 0.355 e. The fourth-order valence-electron chi connectivity index (χ4n) is 3.51. The summed E-state index contributed by atoms with van der Waals surface area (Å²) in [5.74, 6) is 2.53. The second-order valence-electron chi connectivity index (χ2n) is 6.93. The molecule has 1 atom stereocenters. The summed E-state index contributed by atoms with van der Waals surface area (Å²) in [5, 5.41) is 3.07. The van der Waals surface area contributed by atoms with Gasteiger partial charge in [0.05, 0.1) is 12.1 Å². The molecule has 4 rings (SSSR count). The predicted molar refractivity (Wildman–Crippen MR) is 105 cm³/mol. The number of rotatable bonds is 5. The molecule has 3 aromatic heterocycles. The number of aryl methyl sites for hydroxylation is 1. The second-order valence-corrected chi connectivity index (χ2v) is 6.93. The van der Waals surface area contributed by atoms with Crippen molar-refractivity contribution in [3.8, 4) is 5.82 Å². The number of hydrogen-bond acceptors (Lipinski definition) is 6. The lowest BCUT2D eigenvalue weighted by molar-refractivity contribution is -0.125. The molecule has 3 aromatic rings. The monoisotopic (exact) mass is 377 g/mol. The van der Waals surface area contributed by atoms with Gasteiger partial charge in [-0.2, -0.15) is 0 Å². The molecule has 1 aliphatic heterocycles. The van der Waals surface area contributed by atoms with E-state index in [0.717, 1.165) is 42.4 Å². The molecule has 1 aliphatic rings. The summed E-state index contributed by atoms with van der Waals surface area (Å²) >= 11 is 0. The minimum atomic E-state index is -0.0482. The smallest absolute Gasteiger partial charge is 0.225 e. The Labute approximate surface area is 163 Å². The van der Waals surface area contributed by atoms with Crippen LogP contribution >= 0.6 is 0 Å². The average molecular weight is 377 g/mol. The van der Waals surface area contributed by atoms with Crippen LogP contribution in [0.15, 0.2) is 49.3 Å². The highest BCUT2D eigenvalue weighted by Crippen LogP contribution is 2.21. The summed E-state index contributed by atoms with van der Waals surface area (Å²) in [6.07, 6.45) is 12.3. The molecule has 28 heavy (non-hydrogen) atoms. The van der Waals surface area contributed by atoms with E-state index in [2.05, 4.69) is 30.2 Å². The van der Waals surface area contributed by atoms with Crippen LogP contribution in [0.2, 0.25) is 0 Å². The van der Waals surface area contributed by atoms with Crippen molar-refractivity contribution < 1.29 is 4.79 Å². The Morgan fingerprint density at radius 1 is 1.18 bits per heavy atom. The quantitative estimate of drug-likeness (QED) is 0.731. The number of piperidine rings is 1. The van der Waals surface area contributed by atoms with E-state index < -0.39 is 0 Å². The van der Waals surface area contributed by atoms with Crippen LogP contribution < -0.4 is 10.2 Å². The van der Waals surface area contributed by atoms with Gasteiger partial charge in [0.2, 0.25) is 5.91 Å². The van der Waals surface area contributed by atoms with Gasteiger partial charge in [0.25, 0.3) is 0 Å². The first kappa shape index (κ1) is 18.1. The van der Waals surface area contributed by atoms with Crippen molar-refractivity contribution in [3.05, 3.63) is 60.7 Å². The van der Waals surface area contributed by atoms with E-state index in [1.54, 1.807) is 31.0 Å². The van der Waals surface area contributed by atoms with E-state index in [1.165, 1.54) is 0 Å². The van der Waals surface area contributed by atoms with Crippen LogP contribution in [-0.2, 0) is 11.3 Å². The third-order valence-corrected chi connectivity index (χ3v) is 5.01. The summed E-state index contributed by atoms with van der Waals surface area (Å²) < 4.78 is 1.92. The normalized spacial score (nSPS) is 16.8. The summed E-state index contributed by atoms with van der Waals surface area (Å²) in [7, 11) is 0. The zero-order chi connectivity index (χ0) is 19.3. The number of aromatic nitrogens is 5. The maximum absolute atomic E-state index is 12.7. The molecule has 0 bridgehead atoms. The highest BCUT2D eigenvalue weighted by Gasteiger charge is 2.26. The minimum Gasteiger partial charge on any atom is -0.355 e. The topological polar surface area (TPSA) is 88.8 Å². The Morgan fingerprint density at radius 3 is 2.86 bits per heavy atom.